The van der Waals surface area contributed by atoms with Crippen molar-refractivity contribution in [3.63, 3.8) is 0 Å². The molecule has 0 amide bonds. The number of nitrogens with two attached hydrogens (primary N) is 1. The zero-order valence-corrected chi connectivity index (χ0v) is 11.9. The molecule has 1 aromatic heterocycles. The molecule has 0 spiro atoms. The summed E-state index contributed by atoms with van der Waals surface area (Å²) in [5, 5.41) is 22.6. The highest BCUT2D eigenvalue weighted by Crippen LogP contribution is 2.23. The Morgan fingerprint density at radius 2 is 2.29 bits per heavy atom. The van der Waals surface area contributed by atoms with Crippen molar-refractivity contribution < 1.29 is 10.1 Å². The molecule has 2 rings (SSSR count). The average molecular weight is 294 g/mol. The summed E-state index contributed by atoms with van der Waals surface area (Å²) in [6, 6.07) is 3.15. The zero-order chi connectivity index (χ0) is 15.6. The maximum Gasteiger partial charge on any atom is 0.298 e. The van der Waals surface area contributed by atoms with E-state index in [1.54, 1.807) is 6.07 Å². The molecule has 9 heteroatoms. The number of nitro groups is 1. The molecule has 2 heterocycles. The molecule has 0 aromatic carbocycles. The maximum atomic E-state index is 11.0. The molecule has 1 aliphatic heterocycles. The second kappa shape index (κ2) is 5.92. The van der Waals surface area contributed by atoms with Gasteiger partial charge >= 0.3 is 0 Å². The van der Waals surface area contributed by atoms with Crippen LogP contribution in [0, 0.1) is 10.1 Å². The number of oxime groups is 1. The third kappa shape index (κ3) is 3.02. The van der Waals surface area contributed by atoms with Crippen LogP contribution in [0.3, 0.4) is 0 Å². The van der Waals surface area contributed by atoms with E-state index in [4.69, 9.17) is 10.9 Å². The van der Waals surface area contributed by atoms with Gasteiger partial charge in [0.05, 0.1) is 4.92 Å². The summed E-state index contributed by atoms with van der Waals surface area (Å²) in [5.74, 6) is 0.216. The fourth-order valence-corrected chi connectivity index (χ4v) is 2.46. The summed E-state index contributed by atoms with van der Waals surface area (Å²) in [7, 11) is 2.04. The standard InChI is InChI=1S/C12H18N6O3/c1-8-7-16(2)5-6-17(8)10-4-3-9(18(20)21)11(14-10)12(13)15-19/h3-4,8,19H,5-7H2,1-2H3,(H2,13,15). The number of anilines is 1. The van der Waals surface area contributed by atoms with E-state index >= 15 is 0 Å². The Labute approximate surface area is 121 Å². The Bertz CT molecular complexity index is 576. The summed E-state index contributed by atoms with van der Waals surface area (Å²) < 4.78 is 0. The molecule has 1 unspecified atom stereocenters. The van der Waals surface area contributed by atoms with E-state index in [-0.39, 0.29) is 23.3 Å². The van der Waals surface area contributed by atoms with Crippen LogP contribution in [0.1, 0.15) is 12.6 Å². The van der Waals surface area contributed by atoms with Gasteiger partial charge < -0.3 is 20.7 Å². The van der Waals surface area contributed by atoms with Gasteiger partial charge in [0.15, 0.2) is 11.5 Å². The smallest absolute Gasteiger partial charge is 0.298 e. The van der Waals surface area contributed by atoms with Crippen LogP contribution in [0.25, 0.3) is 0 Å². The third-order valence-corrected chi connectivity index (χ3v) is 3.53. The number of hydrogen-bond donors (Lipinski definition) is 2. The van der Waals surface area contributed by atoms with Crippen LogP contribution >= 0.6 is 0 Å². The van der Waals surface area contributed by atoms with Crippen molar-refractivity contribution in [2.45, 2.75) is 13.0 Å². The van der Waals surface area contributed by atoms with Crippen LogP contribution in [0.4, 0.5) is 11.5 Å². The van der Waals surface area contributed by atoms with Crippen LogP contribution < -0.4 is 10.6 Å². The molecule has 21 heavy (non-hydrogen) atoms. The Morgan fingerprint density at radius 3 is 2.86 bits per heavy atom. The molecule has 1 saturated heterocycles. The van der Waals surface area contributed by atoms with E-state index < -0.39 is 4.92 Å². The van der Waals surface area contributed by atoms with Crippen molar-refractivity contribution in [2.24, 2.45) is 10.9 Å². The van der Waals surface area contributed by atoms with Crippen molar-refractivity contribution in [2.75, 3.05) is 31.6 Å². The Balaban J connectivity index is 2.40. The molecule has 1 atom stereocenters. The summed E-state index contributed by atoms with van der Waals surface area (Å²) in [6.07, 6.45) is 0. The first kappa shape index (κ1) is 15.0. The molecule has 1 aliphatic rings. The second-order valence-electron chi connectivity index (χ2n) is 5.08. The molecule has 0 saturated carbocycles. The van der Waals surface area contributed by atoms with E-state index in [1.165, 1.54) is 6.07 Å². The highest BCUT2D eigenvalue weighted by molar-refractivity contribution is 5.99. The van der Waals surface area contributed by atoms with Crippen molar-refractivity contribution in [3.05, 3.63) is 27.9 Å². The van der Waals surface area contributed by atoms with Crippen LogP contribution in [-0.2, 0) is 0 Å². The lowest BCUT2D eigenvalue weighted by Gasteiger charge is -2.39. The molecule has 0 aliphatic carbocycles. The van der Waals surface area contributed by atoms with Crippen molar-refractivity contribution in [1.29, 1.82) is 0 Å². The monoisotopic (exact) mass is 294 g/mol. The number of piperazine rings is 1. The predicted octanol–water partition coefficient (Wildman–Crippen LogP) is 0.225. The predicted molar refractivity (Wildman–Crippen MR) is 77.7 cm³/mol. The van der Waals surface area contributed by atoms with Crippen molar-refractivity contribution in [3.8, 4) is 0 Å². The normalized spacial score (nSPS) is 20.6. The van der Waals surface area contributed by atoms with Gasteiger partial charge in [-0.05, 0) is 20.0 Å². The van der Waals surface area contributed by atoms with Gasteiger partial charge in [-0.2, -0.15) is 0 Å². The minimum atomic E-state index is -0.600. The second-order valence-corrected chi connectivity index (χ2v) is 5.08. The van der Waals surface area contributed by atoms with Gasteiger partial charge in [-0.1, -0.05) is 5.16 Å². The molecule has 0 bridgehead atoms. The topological polar surface area (TPSA) is 121 Å². The van der Waals surface area contributed by atoms with E-state index in [2.05, 4.69) is 26.9 Å². The summed E-state index contributed by atoms with van der Waals surface area (Å²) >= 11 is 0. The molecule has 1 fully saturated rings. The SMILES string of the molecule is CC1CN(C)CCN1c1ccc([N+](=O)[O-])c(/C(N)=N/O)n1. The van der Waals surface area contributed by atoms with Crippen LogP contribution in [0.2, 0.25) is 0 Å². The van der Waals surface area contributed by atoms with Gasteiger partial charge in [0.25, 0.3) is 5.69 Å². The third-order valence-electron chi connectivity index (χ3n) is 3.53. The lowest BCUT2D eigenvalue weighted by atomic mass is 10.2. The van der Waals surface area contributed by atoms with E-state index in [1.807, 2.05) is 7.05 Å². The first-order valence-electron chi connectivity index (χ1n) is 6.52. The number of hydrogen-bond acceptors (Lipinski definition) is 7. The van der Waals surface area contributed by atoms with E-state index in [0.29, 0.717) is 5.82 Å². The first-order valence-corrected chi connectivity index (χ1v) is 6.52. The van der Waals surface area contributed by atoms with E-state index in [9.17, 15) is 10.1 Å². The molecular weight excluding hydrogens is 276 g/mol. The lowest BCUT2D eigenvalue weighted by Crippen LogP contribution is -2.50. The average Bonchev–Trinajstić information content (AvgIpc) is 2.45. The van der Waals surface area contributed by atoms with Gasteiger partial charge in [0, 0.05) is 31.7 Å². The molecular formula is C12H18N6O3. The molecule has 3 N–H and O–H groups in total. The molecule has 1 aromatic rings. The number of likely N-dealkylation sites (N-methyl/N-ethyl adjacent to an activating group) is 1. The number of amidine groups is 1. The molecule has 0 radical (unpaired) electrons. The Morgan fingerprint density at radius 1 is 1.57 bits per heavy atom. The highest BCUT2D eigenvalue weighted by Gasteiger charge is 2.26. The van der Waals surface area contributed by atoms with Crippen molar-refractivity contribution >= 4 is 17.3 Å². The van der Waals surface area contributed by atoms with Crippen LogP contribution in [0.15, 0.2) is 17.3 Å². The van der Waals surface area contributed by atoms with Crippen molar-refractivity contribution in [1.82, 2.24) is 9.88 Å². The van der Waals surface area contributed by atoms with Gasteiger partial charge in [0.2, 0.25) is 0 Å². The molecule has 114 valence electrons. The minimum absolute atomic E-state index is 0.119. The lowest BCUT2D eigenvalue weighted by molar-refractivity contribution is -0.385. The minimum Gasteiger partial charge on any atom is -0.409 e. The van der Waals surface area contributed by atoms with Gasteiger partial charge in [0.1, 0.15) is 5.82 Å². The fraction of sp³-hybridized carbons (Fsp3) is 0.500. The van der Waals surface area contributed by atoms with Gasteiger partial charge in [-0.15, -0.1) is 0 Å². The number of rotatable bonds is 3. The Kier molecular flexibility index (Phi) is 4.22. The Hall–Kier alpha value is -2.42. The number of pyridine rings is 1. The summed E-state index contributed by atoms with van der Waals surface area (Å²) in [6.45, 7) is 4.57. The first-order chi connectivity index (χ1) is 9.93. The largest absolute Gasteiger partial charge is 0.409 e. The van der Waals surface area contributed by atoms with Gasteiger partial charge in [-0.3, -0.25) is 10.1 Å². The zero-order valence-electron chi connectivity index (χ0n) is 11.9. The maximum absolute atomic E-state index is 11.0. The highest BCUT2D eigenvalue weighted by atomic mass is 16.6. The molecule has 9 nitrogen and oxygen atoms in total. The number of nitrogens with zero attached hydrogens (tertiary/aromatic N) is 5. The summed E-state index contributed by atoms with van der Waals surface area (Å²) in [4.78, 5) is 18.9. The fourth-order valence-electron chi connectivity index (χ4n) is 2.46. The van der Waals surface area contributed by atoms with Crippen LogP contribution in [0.5, 0.6) is 0 Å². The van der Waals surface area contributed by atoms with Gasteiger partial charge in [-0.25, -0.2) is 4.98 Å². The quantitative estimate of drug-likeness (QED) is 0.269. The number of aromatic nitrogens is 1. The van der Waals surface area contributed by atoms with E-state index in [0.717, 1.165) is 19.6 Å². The summed E-state index contributed by atoms with van der Waals surface area (Å²) in [5.41, 5.74) is 5.09. The van der Waals surface area contributed by atoms with Crippen LogP contribution in [-0.4, -0.2) is 58.6 Å².